The highest BCUT2D eigenvalue weighted by atomic mass is 16.5. The first-order valence-corrected chi connectivity index (χ1v) is 6.57. The first-order chi connectivity index (χ1) is 9.60. The molecule has 2 rings (SSSR count). The lowest BCUT2D eigenvalue weighted by molar-refractivity contribution is 0.0600. The van der Waals surface area contributed by atoms with Crippen molar-refractivity contribution in [2.45, 2.75) is 26.4 Å². The van der Waals surface area contributed by atoms with E-state index in [0.29, 0.717) is 12.1 Å². The summed E-state index contributed by atoms with van der Waals surface area (Å²) in [6.07, 6.45) is 0. The first-order valence-electron chi connectivity index (χ1n) is 6.57. The molecule has 106 valence electrons. The molecule has 0 aliphatic rings. The Hall–Kier alpha value is -2.07. The summed E-state index contributed by atoms with van der Waals surface area (Å²) in [4.78, 5) is 11.3. The fraction of sp³-hybridized carbons (Fsp3) is 0.312. The van der Waals surface area contributed by atoms with Gasteiger partial charge < -0.3 is 14.5 Å². The Bertz CT molecular complexity index is 572. The van der Waals surface area contributed by atoms with Crippen molar-refractivity contribution in [2.24, 2.45) is 0 Å². The second-order valence-corrected chi connectivity index (χ2v) is 4.74. The molecule has 0 fully saturated rings. The number of esters is 1. The van der Waals surface area contributed by atoms with Crippen LogP contribution in [0, 0.1) is 6.92 Å². The highest BCUT2D eigenvalue weighted by Crippen LogP contribution is 2.16. The first kappa shape index (κ1) is 14.3. The molecule has 0 saturated carbocycles. The van der Waals surface area contributed by atoms with E-state index in [1.165, 1.54) is 7.11 Å². The third kappa shape index (κ3) is 3.48. The molecule has 1 aromatic carbocycles. The Balaban J connectivity index is 1.92. The molecule has 1 heterocycles. The molecule has 1 N–H and O–H groups in total. The molecule has 1 atom stereocenters. The number of hydrogen-bond donors (Lipinski definition) is 1. The van der Waals surface area contributed by atoms with Crippen molar-refractivity contribution in [3.63, 3.8) is 0 Å². The van der Waals surface area contributed by atoms with Gasteiger partial charge in [0.2, 0.25) is 0 Å². The van der Waals surface area contributed by atoms with Crippen LogP contribution < -0.4 is 5.32 Å². The minimum atomic E-state index is -0.316. The third-order valence-corrected chi connectivity index (χ3v) is 3.18. The Morgan fingerprint density at radius 2 is 1.95 bits per heavy atom. The maximum atomic E-state index is 11.3. The lowest BCUT2D eigenvalue weighted by Gasteiger charge is -2.11. The summed E-state index contributed by atoms with van der Waals surface area (Å²) in [7, 11) is 1.38. The van der Waals surface area contributed by atoms with E-state index in [9.17, 15) is 4.79 Å². The lowest BCUT2D eigenvalue weighted by Crippen LogP contribution is -2.17. The normalized spacial score (nSPS) is 12.2. The molecule has 0 saturated heterocycles. The summed E-state index contributed by atoms with van der Waals surface area (Å²) in [6.45, 7) is 4.70. The van der Waals surface area contributed by atoms with Gasteiger partial charge in [-0.05, 0) is 43.7 Å². The van der Waals surface area contributed by atoms with Gasteiger partial charge in [-0.25, -0.2) is 4.79 Å². The molecule has 0 bridgehead atoms. The summed E-state index contributed by atoms with van der Waals surface area (Å²) in [5, 5.41) is 3.38. The molecular formula is C16H19NO3. The second-order valence-electron chi connectivity index (χ2n) is 4.74. The van der Waals surface area contributed by atoms with Gasteiger partial charge in [-0.1, -0.05) is 12.1 Å². The summed E-state index contributed by atoms with van der Waals surface area (Å²) in [6, 6.07) is 11.4. The number of carbonyl (C=O) groups is 1. The van der Waals surface area contributed by atoms with Crippen LogP contribution in [0.5, 0.6) is 0 Å². The van der Waals surface area contributed by atoms with Crippen molar-refractivity contribution in [1.82, 2.24) is 5.32 Å². The SMILES string of the molecule is COC(=O)c1ccc(CNC(C)c2ccc(C)o2)cc1. The maximum Gasteiger partial charge on any atom is 0.337 e. The number of aryl methyl sites for hydroxylation is 1. The molecule has 0 radical (unpaired) electrons. The van der Waals surface area contributed by atoms with Crippen LogP contribution in [0.15, 0.2) is 40.8 Å². The number of benzene rings is 1. The average Bonchev–Trinajstić information content (AvgIpc) is 2.91. The van der Waals surface area contributed by atoms with Gasteiger partial charge in [0.25, 0.3) is 0 Å². The predicted molar refractivity (Wildman–Crippen MR) is 76.5 cm³/mol. The van der Waals surface area contributed by atoms with Crippen LogP contribution in [0.2, 0.25) is 0 Å². The molecule has 4 heteroatoms. The number of furan rings is 1. The Kier molecular flexibility index (Phi) is 4.58. The number of hydrogen-bond acceptors (Lipinski definition) is 4. The van der Waals surface area contributed by atoms with Crippen LogP contribution in [0.3, 0.4) is 0 Å². The number of nitrogens with one attached hydrogen (secondary N) is 1. The maximum absolute atomic E-state index is 11.3. The van der Waals surface area contributed by atoms with Crippen LogP contribution in [0.25, 0.3) is 0 Å². The zero-order chi connectivity index (χ0) is 14.5. The summed E-state index contributed by atoms with van der Waals surface area (Å²) >= 11 is 0. The fourth-order valence-corrected chi connectivity index (χ4v) is 1.93. The average molecular weight is 273 g/mol. The van der Waals surface area contributed by atoms with Crippen LogP contribution >= 0.6 is 0 Å². The predicted octanol–water partition coefficient (Wildman–Crippen LogP) is 3.23. The zero-order valence-corrected chi connectivity index (χ0v) is 12.0. The quantitative estimate of drug-likeness (QED) is 0.850. The van der Waals surface area contributed by atoms with E-state index in [4.69, 9.17) is 4.42 Å². The van der Waals surface area contributed by atoms with E-state index in [0.717, 1.165) is 17.1 Å². The molecule has 0 aliphatic carbocycles. The van der Waals surface area contributed by atoms with E-state index < -0.39 is 0 Å². The van der Waals surface area contributed by atoms with Gasteiger partial charge in [-0.3, -0.25) is 0 Å². The smallest absolute Gasteiger partial charge is 0.337 e. The van der Waals surface area contributed by atoms with Crippen molar-refractivity contribution in [1.29, 1.82) is 0 Å². The highest BCUT2D eigenvalue weighted by Gasteiger charge is 2.09. The topological polar surface area (TPSA) is 51.5 Å². The van der Waals surface area contributed by atoms with Crippen molar-refractivity contribution < 1.29 is 13.9 Å². The van der Waals surface area contributed by atoms with Crippen molar-refractivity contribution in [3.8, 4) is 0 Å². The fourth-order valence-electron chi connectivity index (χ4n) is 1.93. The standard InChI is InChI=1S/C16H19NO3/c1-11-4-9-15(20-11)12(2)17-10-13-5-7-14(8-6-13)16(18)19-3/h4-9,12,17H,10H2,1-3H3. The minimum absolute atomic E-state index is 0.143. The molecule has 0 amide bonds. The second kappa shape index (κ2) is 6.39. The molecule has 4 nitrogen and oxygen atoms in total. The molecule has 1 aromatic heterocycles. The van der Waals surface area contributed by atoms with Gasteiger partial charge in [-0.2, -0.15) is 0 Å². The van der Waals surface area contributed by atoms with Crippen LogP contribution in [-0.4, -0.2) is 13.1 Å². The molecule has 2 aromatic rings. The van der Waals surface area contributed by atoms with Crippen molar-refractivity contribution in [2.75, 3.05) is 7.11 Å². The van der Waals surface area contributed by atoms with Gasteiger partial charge >= 0.3 is 5.97 Å². The molecule has 1 unspecified atom stereocenters. The Labute approximate surface area is 118 Å². The molecule has 20 heavy (non-hydrogen) atoms. The van der Waals surface area contributed by atoms with E-state index >= 15 is 0 Å². The summed E-state index contributed by atoms with van der Waals surface area (Å²) in [5.74, 6) is 1.52. The highest BCUT2D eigenvalue weighted by molar-refractivity contribution is 5.89. The zero-order valence-electron chi connectivity index (χ0n) is 12.0. The van der Waals surface area contributed by atoms with E-state index in [-0.39, 0.29) is 12.0 Å². The van der Waals surface area contributed by atoms with Crippen molar-refractivity contribution in [3.05, 3.63) is 59.0 Å². The van der Waals surface area contributed by atoms with Gasteiger partial charge in [0.15, 0.2) is 0 Å². The van der Waals surface area contributed by atoms with Crippen LogP contribution in [0.4, 0.5) is 0 Å². The number of rotatable bonds is 5. The molecular weight excluding hydrogens is 254 g/mol. The van der Waals surface area contributed by atoms with E-state index in [1.807, 2.05) is 31.2 Å². The van der Waals surface area contributed by atoms with E-state index in [1.54, 1.807) is 12.1 Å². The van der Waals surface area contributed by atoms with Gasteiger partial charge in [0, 0.05) is 6.54 Å². The third-order valence-electron chi connectivity index (χ3n) is 3.18. The van der Waals surface area contributed by atoms with Gasteiger partial charge in [0.1, 0.15) is 11.5 Å². The Morgan fingerprint density at radius 1 is 1.25 bits per heavy atom. The number of methoxy groups -OCH3 is 1. The number of carbonyl (C=O) groups excluding carboxylic acids is 1. The van der Waals surface area contributed by atoms with Crippen LogP contribution in [0.1, 0.15) is 40.4 Å². The summed E-state index contributed by atoms with van der Waals surface area (Å²) in [5.41, 5.74) is 1.67. The largest absolute Gasteiger partial charge is 0.465 e. The monoisotopic (exact) mass is 273 g/mol. The van der Waals surface area contributed by atoms with Gasteiger partial charge in [0.05, 0.1) is 18.7 Å². The van der Waals surface area contributed by atoms with E-state index in [2.05, 4.69) is 17.0 Å². The minimum Gasteiger partial charge on any atom is -0.465 e. The van der Waals surface area contributed by atoms with Gasteiger partial charge in [-0.15, -0.1) is 0 Å². The molecule has 0 aliphatic heterocycles. The number of ether oxygens (including phenoxy) is 1. The molecule has 0 spiro atoms. The summed E-state index contributed by atoms with van der Waals surface area (Å²) < 4.78 is 10.2. The lowest BCUT2D eigenvalue weighted by atomic mass is 10.1. The van der Waals surface area contributed by atoms with Crippen molar-refractivity contribution >= 4 is 5.97 Å². The Morgan fingerprint density at radius 3 is 2.50 bits per heavy atom. The van der Waals surface area contributed by atoms with Crippen LogP contribution in [-0.2, 0) is 11.3 Å².